The zero-order chi connectivity index (χ0) is 22.8. The number of hydrogen-bond donors (Lipinski definition) is 0. The number of para-hydroxylation sites is 2. The lowest BCUT2D eigenvalue weighted by Gasteiger charge is -2.21. The number of nitrogens with zero attached hydrogens (tertiary/aromatic N) is 2. The van der Waals surface area contributed by atoms with Crippen molar-refractivity contribution in [2.45, 2.75) is 16.6 Å². The zero-order valence-electron chi connectivity index (χ0n) is 17.5. The Morgan fingerprint density at radius 3 is 2.31 bits per heavy atom. The Hall–Kier alpha value is -2.77. The van der Waals surface area contributed by atoms with Gasteiger partial charge in [-0.1, -0.05) is 62.2 Å². The number of aryl methyl sites for hydroxylation is 1. The first-order valence-corrected chi connectivity index (χ1v) is 11.8. The maximum atomic E-state index is 13.5. The summed E-state index contributed by atoms with van der Waals surface area (Å²) in [5.74, 6) is 0.993. The molecule has 0 amide bonds. The smallest absolute Gasteiger partial charge is 0.266 e. The molecule has 0 saturated heterocycles. The van der Waals surface area contributed by atoms with Crippen LogP contribution in [0.25, 0.3) is 16.6 Å². The zero-order valence-corrected chi connectivity index (χ0v) is 20.6. The van der Waals surface area contributed by atoms with Gasteiger partial charge < -0.3 is 4.74 Å². The number of halogens is 2. The van der Waals surface area contributed by atoms with Gasteiger partial charge in [-0.2, -0.15) is 0 Å². The van der Waals surface area contributed by atoms with E-state index in [1.807, 2.05) is 43.3 Å². The van der Waals surface area contributed by atoms with Gasteiger partial charge >= 0.3 is 0 Å². The fourth-order valence-corrected chi connectivity index (χ4v) is 4.61. The minimum absolute atomic E-state index is 0.131. The van der Waals surface area contributed by atoms with Crippen LogP contribution in [0.15, 0.2) is 77.6 Å². The van der Waals surface area contributed by atoms with Crippen LogP contribution in [0.1, 0.15) is 26.6 Å². The third kappa shape index (κ3) is 4.14. The molecule has 2 unspecified atom stereocenters. The summed E-state index contributed by atoms with van der Waals surface area (Å²) >= 11 is 7.20. The summed E-state index contributed by atoms with van der Waals surface area (Å²) in [5.41, 5.74) is 2.59. The van der Waals surface area contributed by atoms with Crippen molar-refractivity contribution in [3.05, 3.63) is 100 Å². The molecule has 0 spiro atoms. The minimum Gasteiger partial charge on any atom is -0.497 e. The highest BCUT2D eigenvalue weighted by atomic mass is 79.9. The molecule has 4 aromatic rings. The Labute approximate surface area is 202 Å². The summed E-state index contributed by atoms with van der Waals surface area (Å²) in [5, 5.41) is 0.520. The van der Waals surface area contributed by atoms with Gasteiger partial charge in [0.1, 0.15) is 11.6 Å². The normalized spacial score (nSPS) is 13.0. The topological polar surface area (TPSA) is 61.2 Å². The summed E-state index contributed by atoms with van der Waals surface area (Å²) in [4.78, 5) is 30.3. The largest absolute Gasteiger partial charge is 0.497 e. The fourth-order valence-electron chi connectivity index (χ4n) is 3.56. The summed E-state index contributed by atoms with van der Waals surface area (Å²) in [6.07, 6.45) is 0. The van der Waals surface area contributed by atoms with Gasteiger partial charge in [0.05, 0.1) is 33.4 Å². The molecule has 0 aliphatic rings. The van der Waals surface area contributed by atoms with Crippen molar-refractivity contribution in [2.75, 3.05) is 7.11 Å². The highest BCUT2D eigenvalue weighted by molar-refractivity contribution is 9.12. The average Bonchev–Trinajstić information content (AvgIpc) is 2.83. The van der Waals surface area contributed by atoms with Gasteiger partial charge in [0.2, 0.25) is 0 Å². The molecule has 162 valence electrons. The maximum absolute atomic E-state index is 13.5. The minimum atomic E-state index is -0.653. The highest BCUT2D eigenvalue weighted by Gasteiger charge is 2.31. The van der Waals surface area contributed by atoms with Crippen molar-refractivity contribution in [1.82, 2.24) is 9.55 Å². The molecule has 0 radical (unpaired) electrons. The van der Waals surface area contributed by atoms with Gasteiger partial charge in [-0.15, -0.1) is 0 Å². The van der Waals surface area contributed by atoms with Crippen LogP contribution >= 0.6 is 31.9 Å². The lowest BCUT2D eigenvalue weighted by Crippen LogP contribution is -2.29. The molecule has 1 heterocycles. The Morgan fingerprint density at radius 1 is 0.969 bits per heavy atom. The molecule has 4 rings (SSSR count). The standard InChI is InChI=1S/C25H20Br2N2O3/c1-15-7-3-6-10-20(15)29-24(28-19-9-5-4-8-18(19)25(29)31)22(27)21(26)23(30)16-11-13-17(32-2)14-12-16/h3-14,21-22H,1-2H3. The summed E-state index contributed by atoms with van der Waals surface area (Å²) < 4.78 is 6.77. The molecule has 7 heteroatoms. The molecular formula is C25H20Br2N2O3. The monoisotopic (exact) mass is 554 g/mol. The number of alkyl halides is 2. The molecule has 0 N–H and O–H groups in total. The number of carbonyl (C=O) groups is 1. The van der Waals surface area contributed by atoms with E-state index in [0.717, 1.165) is 11.3 Å². The molecule has 3 aromatic carbocycles. The van der Waals surface area contributed by atoms with Crippen molar-refractivity contribution in [3.8, 4) is 11.4 Å². The van der Waals surface area contributed by atoms with E-state index in [1.165, 1.54) is 0 Å². The van der Waals surface area contributed by atoms with Gasteiger partial charge in [-0.25, -0.2) is 4.98 Å². The van der Waals surface area contributed by atoms with Crippen LogP contribution in [0.3, 0.4) is 0 Å². The molecule has 0 bridgehead atoms. The Balaban J connectivity index is 1.85. The number of aromatic nitrogens is 2. The third-order valence-corrected chi connectivity index (χ3v) is 7.88. The predicted octanol–water partition coefficient (Wildman–Crippen LogP) is 5.79. The Morgan fingerprint density at radius 2 is 1.62 bits per heavy atom. The molecule has 0 fully saturated rings. The number of Topliss-reactive ketones (excluding diaryl/α,β-unsaturated/α-hetero) is 1. The quantitative estimate of drug-likeness (QED) is 0.223. The molecule has 0 aliphatic heterocycles. The van der Waals surface area contributed by atoms with Crippen LogP contribution < -0.4 is 10.3 Å². The summed E-state index contributed by atoms with van der Waals surface area (Å²) in [6, 6.07) is 21.8. The van der Waals surface area contributed by atoms with Crippen LogP contribution in [-0.2, 0) is 0 Å². The van der Waals surface area contributed by atoms with Gasteiger partial charge in [-0.3, -0.25) is 14.2 Å². The number of ether oxygens (including phenoxy) is 1. The third-order valence-electron chi connectivity index (χ3n) is 5.29. The van der Waals surface area contributed by atoms with Crippen LogP contribution in [0, 0.1) is 6.92 Å². The van der Waals surface area contributed by atoms with Crippen LogP contribution in [-0.4, -0.2) is 27.3 Å². The van der Waals surface area contributed by atoms with E-state index in [0.29, 0.717) is 28.0 Å². The summed E-state index contributed by atoms with van der Waals surface area (Å²) in [7, 11) is 1.58. The van der Waals surface area contributed by atoms with E-state index in [-0.39, 0.29) is 11.3 Å². The molecule has 0 saturated carbocycles. The Bertz CT molecular complexity index is 1350. The van der Waals surface area contributed by atoms with Crippen molar-refractivity contribution in [2.24, 2.45) is 0 Å². The van der Waals surface area contributed by atoms with E-state index in [1.54, 1.807) is 48.1 Å². The van der Waals surface area contributed by atoms with Crippen molar-refractivity contribution in [1.29, 1.82) is 0 Å². The van der Waals surface area contributed by atoms with Crippen LogP contribution in [0.2, 0.25) is 0 Å². The molecule has 1 aromatic heterocycles. The molecular weight excluding hydrogens is 536 g/mol. The van der Waals surface area contributed by atoms with Gasteiger partial charge in [0.15, 0.2) is 5.78 Å². The van der Waals surface area contributed by atoms with E-state index >= 15 is 0 Å². The average molecular weight is 556 g/mol. The second-order valence-electron chi connectivity index (χ2n) is 7.31. The number of hydrogen-bond acceptors (Lipinski definition) is 4. The van der Waals surface area contributed by atoms with Gasteiger partial charge in [0.25, 0.3) is 5.56 Å². The number of ketones is 1. The van der Waals surface area contributed by atoms with Crippen LogP contribution in [0.4, 0.5) is 0 Å². The first-order chi connectivity index (χ1) is 15.4. The summed E-state index contributed by atoms with van der Waals surface area (Å²) in [6.45, 7) is 1.94. The van der Waals surface area contributed by atoms with Crippen molar-refractivity contribution >= 4 is 48.5 Å². The lowest BCUT2D eigenvalue weighted by atomic mass is 10.1. The SMILES string of the molecule is COc1ccc(C(=O)C(Br)C(Br)c2nc3ccccc3c(=O)n2-c2ccccc2C)cc1. The molecule has 0 aliphatic carbocycles. The Kier molecular flexibility index (Phi) is 6.58. The maximum Gasteiger partial charge on any atom is 0.266 e. The van der Waals surface area contributed by atoms with E-state index < -0.39 is 9.65 Å². The number of methoxy groups -OCH3 is 1. The number of fused-ring (bicyclic) bond motifs is 1. The number of benzene rings is 3. The predicted molar refractivity (Wildman–Crippen MR) is 134 cm³/mol. The lowest BCUT2D eigenvalue weighted by molar-refractivity contribution is 0.0990. The molecule has 32 heavy (non-hydrogen) atoms. The van der Waals surface area contributed by atoms with E-state index in [2.05, 4.69) is 31.9 Å². The first kappa shape index (κ1) is 22.4. The first-order valence-electron chi connectivity index (χ1n) is 9.96. The van der Waals surface area contributed by atoms with E-state index in [4.69, 9.17) is 9.72 Å². The molecule has 5 nitrogen and oxygen atoms in total. The van der Waals surface area contributed by atoms with Crippen molar-refractivity contribution in [3.63, 3.8) is 0 Å². The second-order valence-corrected chi connectivity index (χ2v) is 9.28. The molecule has 2 atom stereocenters. The fraction of sp³-hybridized carbons (Fsp3) is 0.160. The van der Waals surface area contributed by atoms with Crippen molar-refractivity contribution < 1.29 is 9.53 Å². The highest BCUT2D eigenvalue weighted by Crippen LogP contribution is 2.34. The van der Waals surface area contributed by atoms with E-state index in [9.17, 15) is 9.59 Å². The van der Waals surface area contributed by atoms with Gasteiger partial charge in [-0.05, 0) is 55.0 Å². The van der Waals surface area contributed by atoms with Gasteiger partial charge in [0, 0.05) is 5.56 Å². The second kappa shape index (κ2) is 9.38. The number of rotatable bonds is 6. The van der Waals surface area contributed by atoms with Crippen LogP contribution in [0.5, 0.6) is 5.75 Å². The number of carbonyl (C=O) groups excluding carboxylic acids is 1.